The van der Waals surface area contributed by atoms with Gasteiger partial charge in [0.2, 0.25) is 5.89 Å². The van der Waals surface area contributed by atoms with Crippen molar-refractivity contribution >= 4 is 6.09 Å². The zero-order chi connectivity index (χ0) is 21.7. The first-order valence-corrected chi connectivity index (χ1v) is 9.06. The Bertz CT molecular complexity index is 956. The van der Waals surface area contributed by atoms with Crippen LogP contribution in [0.1, 0.15) is 37.3 Å². The van der Waals surface area contributed by atoms with Gasteiger partial charge < -0.3 is 24.4 Å². The second kappa shape index (κ2) is 9.31. The molecule has 0 spiro atoms. The number of azide groups is 1. The van der Waals surface area contributed by atoms with E-state index in [0.717, 1.165) is 12.8 Å². The molecule has 0 saturated heterocycles. The van der Waals surface area contributed by atoms with Crippen LogP contribution in [-0.4, -0.2) is 24.3 Å². The summed E-state index contributed by atoms with van der Waals surface area (Å²) in [6.07, 6.45) is 0.141. The minimum atomic E-state index is -3.00. The fourth-order valence-electron chi connectivity index (χ4n) is 2.68. The number of hydrogen-bond acceptors (Lipinski definition) is 7. The molecule has 1 aliphatic rings. The van der Waals surface area contributed by atoms with Gasteiger partial charge in [-0.05, 0) is 49.4 Å². The van der Waals surface area contributed by atoms with E-state index in [9.17, 15) is 13.6 Å². The van der Waals surface area contributed by atoms with E-state index in [1.807, 2.05) is 0 Å². The van der Waals surface area contributed by atoms with E-state index in [1.54, 1.807) is 0 Å². The van der Waals surface area contributed by atoms with Gasteiger partial charge in [0, 0.05) is 10.5 Å². The first kappa shape index (κ1) is 21.2. The van der Waals surface area contributed by atoms with Crippen LogP contribution in [0.25, 0.3) is 21.9 Å². The summed E-state index contributed by atoms with van der Waals surface area (Å²) < 4.78 is 46.2. The minimum absolute atomic E-state index is 0.0907. The van der Waals surface area contributed by atoms with Crippen LogP contribution in [0.3, 0.4) is 0 Å². The number of halogens is 2. The third-order valence-corrected chi connectivity index (χ3v) is 4.25. The molecule has 1 atom stereocenters. The number of carbonyl (C=O) groups excluding carboxylic acids is 1. The third-order valence-electron chi connectivity index (χ3n) is 4.25. The zero-order valence-corrected chi connectivity index (χ0v) is 16.0. The molecule has 160 valence electrons. The van der Waals surface area contributed by atoms with E-state index < -0.39 is 18.8 Å². The summed E-state index contributed by atoms with van der Waals surface area (Å²) in [6.45, 7) is -1.27. The second-order valence-corrected chi connectivity index (χ2v) is 6.59. The minimum Gasteiger partial charge on any atom is -0.489 e. The summed E-state index contributed by atoms with van der Waals surface area (Å²) >= 11 is 0. The highest BCUT2D eigenvalue weighted by atomic mass is 19.3. The van der Waals surface area contributed by atoms with E-state index in [2.05, 4.69) is 19.7 Å². The van der Waals surface area contributed by atoms with Crippen LogP contribution >= 0.6 is 0 Å². The van der Waals surface area contributed by atoms with Crippen LogP contribution in [0.4, 0.5) is 13.6 Å². The largest absolute Gasteiger partial charge is 0.489 e. The predicted octanol–water partition coefficient (Wildman–Crippen LogP) is 4.70. The monoisotopic (exact) mass is 423 g/mol. The number of ether oxygens (including phenoxy) is 3. The maximum atomic E-state index is 12.7. The highest BCUT2D eigenvalue weighted by Gasteiger charge is 2.25. The van der Waals surface area contributed by atoms with Crippen molar-refractivity contribution in [2.24, 2.45) is 16.8 Å². The van der Waals surface area contributed by atoms with Gasteiger partial charge in [-0.25, -0.2) is 9.78 Å². The van der Waals surface area contributed by atoms with Crippen molar-refractivity contribution < 1.29 is 32.2 Å². The average molecular weight is 423 g/mol. The number of oxazole rings is 1. The van der Waals surface area contributed by atoms with Crippen molar-refractivity contribution in [3.05, 3.63) is 40.1 Å². The Morgan fingerprint density at radius 3 is 2.83 bits per heavy atom. The maximum Gasteiger partial charge on any atom is 0.405 e. The fourth-order valence-corrected chi connectivity index (χ4v) is 2.68. The SMILES string of the molecule is C[C@H](OC(N)=O)c1oc(-c2ccc(OC(F)F)c(OCC3CC3)c2)nc1CN=[N+]=[N-]. The highest BCUT2D eigenvalue weighted by Crippen LogP contribution is 2.37. The van der Waals surface area contributed by atoms with Gasteiger partial charge in [0.25, 0.3) is 0 Å². The second-order valence-electron chi connectivity index (χ2n) is 6.59. The average Bonchev–Trinajstić information content (AvgIpc) is 3.41. The summed E-state index contributed by atoms with van der Waals surface area (Å²) in [5.74, 6) is 0.638. The normalized spacial score (nSPS) is 14.1. The number of primary amides is 1. The molecule has 1 amide bonds. The molecular formula is C18H19F2N5O5. The molecule has 1 aromatic heterocycles. The number of aromatic nitrogens is 1. The Labute approximate surface area is 169 Å². The zero-order valence-electron chi connectivity index (χ0n) is 16.0. The standard InChI is InChI=1S/C18H19F2N5O5/c1-9(28-18(21)26)15-12(7-23-25-22)24-16(30-15)11-4-5-13(29-17(19)20)14(6-11)27-8-10-2-3-10/h4-6,9-10,17H,2-3,7-8H2,1H3,(H2,21,26)/t9-/m0/s1. The molecule has 0 unspecified atom stereocenters. The number of amides is 1. The number of benzene rings is 1. The van der Waals surface area contributed by atoms with Gasteiger partial charge >= 0.3 is 12.7 Å². The predicted molar refractivity (Wildman–Crippen MR) is 98.7 cm³/mol. The van der Waals surface area contributed by atoms with Crippen molar-refractivity contribution in [2.75, 3.05) is 6.61 Å². The van der Waals surface area contributed by atoms with Gasteiger partial charge in [0.1, 0.15) is 0 Å². The van der Waals surface area contributed by atoms with Gasteiger partial charge in [-0.3, -0.25) is 0 Å². The van der Waals surface area contributed by atoms with Crippen molar-refractivity contribution in [2.45, 2.75) is 39.0 Å². The highest BCUT2D eigenvalue weighted by molar-refractivity contribution is 5.65. The lowest BCUT2D eigenvalue weighted by Gasteiger charge is -2.13. The molecule has 0 aliphatic heterocycles. The van der Waals surface area contributed by atoms with Crippen molar-refractivity contribution in [3.8, 4) is 23.0 Å². The molecule has 1 heterocycles. The lowest BCUT2D eigenvalue weighted by Crippen LogP contribution is -2.16. The maximum absolute atomic E-state index is 12.7. The number of rotatable bonds is 10. The molecule has 30 heavy (non-hydrogen) atoms. The van der Waals surface area contributed by atoms with Crippen LogP contribution in [0.5, 0.6) is 11.5 Å². The Morgan fingerprint density at radius 2 is 2.20 bits per heavy atom. The number of nitrogens with zero attached hydrogens (tertiary/aromatic N) is 4. The Morgan fingerprint density at radius 1 is 1.43 bits per heavy atom. The lowest BCUT2D eigenvalue weighted by atomic mass is 10.2. The van der Waals surface area contributed by atoms with Crippen molar-refractivity contribution in [1.82, 2.24) is 4.98 Å². The molecule has 12 heteroatoms. The summed E-state index contributed by atoms with van der Waals surface area (Å²) in [5, 5.41) is 3.45. The van der Waals surface area contributed by atoms with Gasteiger partial charge in [-0.15, -0.1) is 0 Å². The molecular weight excluding hydrogens is 404 g/mol. The number of hydrogen-bond donors (Lipinski definition) is 1. The Hall–Kier alpha value is -3.53. The first-order chi connectivity index (χ1) is 14.4. The van der Waals surface area contributed by atoms with E-state index >= 15 is 0 Å². The fraction of sp³-hybridized carbons (Fsp3) is 0.444. The van der Waals surface area contributed by atoms with Crippen LogP contribution in [-0.2, 0) is 11.3 Å². The van der Waals surface area contributed by atoms with E-state index in [-0.39, 0.29) is 35.4 Å². The Balaban J connectivity index is 1.94. The molecule has 2 N–H and O–H groups in total. The number of alkyl halides is 2. The van der Waals surface area contributed by atoms with Crippen molar-refractivity contribution in [1.29, 1.82) is 0 Å². The van der Waals surface area contributed by atoms with Gasteiger partial charge in [-0.1, -0.05) is 5.11 Å². The number of nitrogens with two attached hydrogens (primary N) is 1. The van der Waals surface area contributed by atoms with Gasteiger partial charge in [0.05, 0.1) is 18.8 Å². The van der Waals surface area contributed by atoms with Gasteiger partial charge in [-0.2, -0.15) is 8.78 Å². The van der Waals surface area contributed by atoms with Crippen LogP contribution in [0, 0.1) is 5.92 Å². The summed E-state index contributed by atoms with van der Waals surface area (Å²) in [4.78, 5) is 18.0. The van der Waals surface area contributed by atoms with E-state index in [4.69, 9.17) is 25.2 Å². The van der Waals surface area contributed by atoms with E-state index in [0.29, 0.717) is 18.1 Å². The summed E-state index contributed by atoms with van der Waals surface area (Å²) in [7, 11) is 0. The smallest absolute Gasteiger partial charge is 0.405 e. The lowest BCUT2D eigenvalue weighted by molar-refractivity contribution is -0.0515. The molecule has 1 aliphatic carbocycles. The molecule has 1 fully saturated rings. The third kappa shape index (κ3) is 5.51. The molecule has 1 aromatic carbocycles. The molecule has 1 saturated carbocycles. The molecule has 0 radical (unpaired) electrons. The van der Waals surface area contributed by atoms with Crippen LogP contribution < -0.4 is 15.2 Å². The summed E-state index contributed by atoms with van der Waals surface area (Å²) in [5.41, 5.74) is 14.3. The van der Waals surface area contributed by atoms with Crippen molar-refractivity contribution in [3.63, 3.8) is 0 Å². The molecule has 3 rings (SSSR count). The molecule has 10 nitrogen and oxygen atoms in total. The number of carbonyl (C=O) groups is 1. The Kier molecular flexibility index (Phi) is 6.58. The van der Waals surface area contributed by atoms with Crippen LogP contribution in [0.15, 0.2) is 27.7 Å². The van der Waals surface area contributed by atoms with E-state index in [1.165, 1.54) is 25.1 Å². The van der Waals surface area contributed by atoms with Gasteiger partial charge in [0.15, 0.2) is 23.4 Å². The topological polar surface area (TPSA) is 146 Å². The first-order valence-electron chi connectivity index (χ1n) is 9.06. The molecule has 0 bridgehead atoms. The van der Waals surface area contributed by atoms with Crippen LogP contribution in [0.2, 0.25) is 0 Å². The molecule has 2 aromatic rings. The quantitative estimate of drug-likeness (QED) is 0.333. The summed E-state index contributed by atoms with van der Waals surface area (Å²) in [6, 6.07) is 4.25.